The van der Waals surface area contributed by atoms with E-state index in [4.69, 9.17) is 5.26 Å². The molecular weight excluding hydrogens is 240 g/mol. The SMILES string of the molecule is CC(C)(C)NCc1ccn(CC(=O)NCCC#N)c1. The number of carbonyl (C=O) groups is 1. The first kappa shape index (κ1) is 15.3. The Morgan fingerprint density at radius 1 is 1.47 bits per heavy atom. The van der Waals surface area contributed by atoms with Crippen LogP contribution in [0.1, 0.15) is 32.8 Å². The quantitative estimate of drug-likeness (QED) is 0.761. The van der Waals surface area contributed by atoms with Crippen LogP contribution in [0.3, 0.4) is 0 Å². The third-order valence-corrected chi connectivity index (χ3v) is 2.52. The molecule has 1 aromatic rings. The molecule has 0 bridgehead atoms. The van der Waals surface area contributed by atoms with Crippen molar-refractivity contribution in [3.05, 3.63) is 24.0 Å². The van der Waals surface area contributed by atoms with E-state index in [1.54, 1.807) is 0 Å². The first-order valence-electron chi connectivity index (χ1n) is 6.44. The van der Waals surface area contributed by atoms with Crippen molar-refractivity contribution in [2.75, 3.05) is 6.54 Å². The highest BCUT2D eigenvalue weighted by molar-refractivity contribution is 5.75. The monoisotopic (exact) mass is 262 g/mol. The van der Waals surface area contributed by atoms with Gasteiger partial charge < -0.3 is 15.2 Å². The second-order valence-electron chi connectivity index (χ2n) is 5.55. The van der Waals surface area contributed by atoms with E-state index in [0.717, 1.165) is 12.1 Å². The molecule has 0 fully saturated rings. The molecule has 1 heterocycles. The van der Waals surface area contributed by atoms with Crippen molar-refractivity contribution in [3.8, 4) is 6.07 Å². The van der Waals surface area contributed by atoms with Crippen LogP contribution in [-0.2, 0) is 17.9 Å². The molecule has 19 heavy (non-hydrogen) atoms. The lowest BCUT2D eigenvalue weighted by Crippen LogP contribution is -2.34. The summed E-state index contributed by atoms with van der Waals surface area (Å²) >= 11 is 0. The minimum atomic E-state index is -0.0684. The van der Waals surface area contributed by atoms with Crippen LogP contribution in [0.2, 0.25) is 0 Å². The lowest BCUT2D eigenvalue weighted by atomic mass is 10.1. The van der Waals surface area contributed by atoms with Gasteiger partial charge in [-0.05, 0) is 32.4 Å². The largest absolute Gasteiger partial charge is 0.354 e. The molecule has 0 aromatic carbocycles. The van der Waals surface area contributed by atoms with Crippen LogP contribution in [0.5, 0.6) is 0 Å². The molecular formula is C14H22N4O. The van der Waals surface area contributed by atoms with E-state index in [2.05, 4.69) is 31.4 Å². The number of carbonyl (C=O) groups excluding carboxylic acids is 1. The molecule has 0 aliphatic heterocycles. The maximum atomic E-state index is 11.6. The van der Waals surface area contributed by atoms with E-state index in [-0.39, 0.29) is 11.4 Å². The fourth-order valence-electron chi connectivity index (χ4n) is 1.54. The summed E-state index contributed by atoms with van der Waals surface area (Å²) in [6.45, 7) is 7.84. The van der Waals surface area contributed by atoms with E-state index in [0.29, 0.717) is 19.5 Å². The molecule has 1 amide bonds. The van der Waals surface area contributed by atoms with Crippen molar-refractivity contribution in [1.29, 1.82) is 5.26 Å². The van der Waals surface area contributed by atoms with Crippen LogP contribution in [-0.4, -0.2) is 22.6 Å². The van der Waals surface area contributed by atoms with Gasteiger partial charge in [0, 0.05) is 31.0 Å². The van der Waals surface area contributed by atoms with Crippen molar-refractivity contribution in [2.24, 2.45) is 0 Å². The third-order valence-electron chi connectivity index (χ3n) is 2.52. The highest BCUT2D eigenvalue weighted by atomic mass is 16.1. The molecule has 1 aromatic heterocycles. The maximum absolute atomic E-state index is 11.6. The molecule has 0 aliphatic rings. The summed E-state index contributed by atoms with van der Waals surface area (Å²) in [7, 11) is 0. The Bertz CT molecular complexity index is 451. The average Bonchev–Trinajstić information content (AvgIpc) is 2.73. The van der Waals surface area contributed by atoms with Crippen molar-refractivity contribution >= 4 is 5.91 Å². The zero-order valence-corrected chi connectivity index (χ0v) is 11.9. The summed E-state index contributed by atoms with van der Waals surface area (Å²) in [5.41, 5.74) is 1.23. The van der Waals surface area contributed by atoms with Gasteiger partial charge in [0.05, 0.1) is 12.5 Å². The second kappa shape index (κ2) is 6.95. The fourth-order valence-corrected chi connectivity index (χ4v) is 1.54. The highest BCUT2D eigenvalue weighted by Gasteiger charge is 2.09. The lowest BCUT2D eigenvalue weighted by molar-refractivity contribution is -0.121. The van der Waals surface area contributed by atoms with Crippen LogP contribution in [0.4, 0.5) is 0 Å². The molecule has 5 nitrogen and oxygen atoms in total. The number of rotatable bonds is 6. The first-order valence-corrected chi connectivity index (χ1v) is 6.44. The van der Waals surface area contributed by atoms with Crippen LogP contribution in [0.25, 0.3) is 0 Å². The van der Waals surface area contributed by atoms with E-state index < -0.39 is 0 Å². The van der Waals surface area contributed by atoms with Gasteiger partial charge in [0.15, 0.2) is 0 Å². The molecule has 0 unspecified atom stereocenters. The highest BCUT2D eigenvalue weighted by Crippen LogP contribution is 2.05. The average molecular weight is 262 g/mol. The summed E-state index contributed by atoms with van der Waals surface area (Å²) in [6, 6.07) is 3.99. The Hall–Kier alpha value is -1.80. The maximum Gasteiger partial charge on any atom is 0.239 e. The summed E-state index contributed by atoms with van der Waals surface area (Å²) < 4.78 is 1.85. The Labute approximate surface area is 114 Å². The Morgan fingerprint density at radius 2 is 2.21 bits per heavy atom. The number of hydrogen-bond donors (Lipinski definition) is 2. The van der Waals surface area contributed by atoms with Gasteiger partial charge >= 0.3 is 0 Å². The van der Waals surface area contributed by atoms with Crippen molar-refractivity contribution in [3.63, 3.8) is 0 Å². The number of nitrogens with one attached hydrogen (secondary N) is 2. The molecule has 0 saturated heterocycles. The molecule has 0 saturated carbocycles. The van der Waals surface area contributed by atoms with Gasteiger partial charge in [-0.25, -0.2) is 0 Å². The summed E-state index contributed by atoms with van der Waals surface area (Å²) in [5, 5.41) is 14.5. The van der Waals surface area contributed by atoms with Crippen molar-refractivity contribution in [1.82, 2.24) is 15.2 Å². The normalized spacial score (nSPS) is 11.1. The molecule has 104 valence electrons. The van der Waals surface area contributed by atoms with E-state index in [1.807, 2.05) is 29.1 Å². The summed E-state index contributed by atoms with van der Waals surface area (Å²) in [5.74, 6) is -0.0684. The lowest BCUT2D eigenvalue weighted by Gasteiger charge is -2.19. The molecule has 0 spiro atoms. The van der Waals surface area contributed by atoms with E-state index in [1.165, 1.54) is 0 Å². The number of nitrogens with zero attached hydrogens (tertiary/aromatic N) is 2. The Kier molecular flexibility index (Phi) is 5.58. The van der Waals surface area contributed by atoms with Gasteiger partial charge in [-0.2, -0.15) is 5.26 Å². The summed E-state index contributed by atoms with van der Waals surface area (Å²) in [6.07, 6.45) is 4.20. The predicted molar refractivity (Wildman–Crippen MR) is 74.3 cm³/mol. The van der Waals surface area contributed by atoms with Crippen LogP contribution in [0, 0.1) is 11.3 Å². The van der Waals surface area contributed by atoms with Crippen LogP contribution in [0.15, 0.2) is 18.5 Å². The standard InChI is InChI=1S/C14H22N4O/c1-14(2,3)17-9-12-5-8-18(10-12)11-13(19)16-7-4-6-15/h5,8,10,17H,4,7,9,11H2,1-3H3,(H,16,19). The number of amides is 1. The molecule has 0 aliphatic carbocycles. The number of aromatic nitrogens is 1. The minimum absolute atomic E-state index is 0.0684. The van der Waals surface area contributed by atoms with Gasteiger partial charge in [-0.3, -0.25) is 4.79 Å². The van der Waals surface area contributed by atoms with Gasteiger partial charge in [-0.1, -0.05) is 0 Å². The van der Waals surface area contributed by atoms with Gasteiger partial charge in [0.2, 0.25) is 5.91 Å². The predicted octanol–water partition coefficient (Wildman–Crippen LogP) is 1.41. The van der Waals surface area contributed by atoms with E-state index >= 15 is 0 Å². The second-order valence-corrected chi connectivity index (χ2v) is 5.55. The Morgan fingerprint density at radius 3 is 2.84 bits per heavy atom. The molecule has 5 heteroatoms. The molecule has 2 N–H and O–H groups in total. The van der Waals surface area contributed by atoms with Gasteiger partial charge in [-0.15, -0.1) is 0 Å². The van der Waals surface area contributed by atoms with Crippen molar-refractivity contribution in [2.45, 2.75) is 45.8 Å². The van der Waals surface area contributed by atoms with Crippen LogP contribution >= 0.6 is 0 Å². The molecule has 1 rings (SSSR count). The Balaban J connectivity index is 2.38. The van der Waals surface area contributed by atoms with Gasteiger partial charge in [0.1, 0.15) is 6.54 Å². The van der Waals surface area contributed by atoms with Gasteiger partial charge in [0.25, 0.3) is 0 Å². The zero-order valence-electron chi connectivity index (χ0n) is 11.9. The van der Waals surface area contributed by atoms with Crippen LogP contribution < -0.4 is 10.6 Å². The fraction of sp³-hybridized carbons (Fsp3) is 0.571. The third kappa shape index (κ3) is 6.63. The molecule has 0 atom stereocenters. The van der Waals surface area contributed by atoms with E-state index in [9.17, 15) is 4.79 Å². The smallest absolute Gasteiger partial charge is 0.239 e. The zero-order chi connectivity index (χ0) is 14.3. The number of nitriles is 1. The number of hydrogen-bond acceptors (Lipinski definition) is 3. The summed E-state index contributed by atoms with van der Waals surface area (Å²) in [4.78, 5) is 11.6. The minimum Gasteiger partial charge on any atom is -0.354 e. The first-order chi connectivity index (χ1) is 8.90. The molecule has 0 radical (unpaired) electrons. The topological polar surface area (TPSA) is 69.8 Å². The van der Waals surface area contributed by atoms with Crippen molar-refractivity contribution < 1.29 is 4.79 Å².